The summed E-state index contributed by atoms with van der Waals surface area (Å²) in [5.41, 5.74) is 1.36. The lowest BCUT2D eigenvalue weighted by Crippen LogP contribution is -2.23. The summed E-state index contributed by atoms with van der Waals surface area (Å²) in [6.07, 6.45) is 0. The molecule has 6 nitrogen and oxygen atoms in total. The fourth-order valence-electron chi connectivity index (χ4n) is 1.82. The summed E-state index contributed by atoms with van der Waals surface area (Å²) < 4.78 is 25.4. The molecule has 0 spiro atoms. The third kappa shape index (κ3) is 5.58. The molecule has 0 amide bonds. The number of aliphatic carboxylic acids is 1. The maximum atomic E-state index is 11.6. The molecule has 0 atom stereocenters. The van der Waals surface area contributed by atoms with E-state index >= 15 is 0 Å². The minimum Gasteiger partial charge on any atom is -0.480 e. The van der Waals surface area contributed by atoms with Crippen LogP contribution in [0.1, 0.15) is 19.4 Å². The van der Waals surface area contributed by atoms with Crippen LogP contribution < -0.4 is 4.72 Å². The summed E-state index contributed by atoms with van der Waals surface area (Å²) in [4.78, 5) is 12.7. The van der Waals surface area contributed by atoms with Gasteiger partial charge in [0.2, 0.25) is 10.0 Å². The van der Waals surface area contributed by atoms with Crippen molar-refractivity contribution in [1.82, 2.24) is 4.90 Å². The van der Waals surface area contributed by atoms with Gasteiger partial charge in [-0.3, -0.25) is 14.4 Å². The molecule has 0 saturated heterocycles. The first-order valence-electron chi connectivity index (χ1n) is 6.40. The Morgan fingerprint density at radius 3 is 2.50 bits per heavy atom. The summed E-state index contributed by atoms with van der Waals surface area (Å²) in [6, 6.07) is 6.98. The zero-order chi connectivity index (χ0) is 15.2. The van der Waals surface area contributed by atoms with Crippen molar-refractivity contribution in [1.29, 1.82) is 0 Å². The average molecular weight is 300 g/mol. The van der Waals surface area contributed by atoms with Gasteiger partial charge in [0.25, 0.3) is 0 Å². The van der Waals surface area contributed by atoms with Gasteiger partial charge in [0.05, 0.1) is 0 Å². The highest BCUT2D eigenvalue weighted by atomic mass is 32.2. The van der Waals surface area contributed by atoms with Crippen LogP contribution in [0.4, 0.5) is 5.69 Å². The molecule has 1 rings (SSSR count). The minimum absolute atomic E-state index is 0.385. The second-order valence-electron chi connectivity index (χ2n) is 4.42. The van der Waals surface area contributed by atoms with Crippen LogP contribution in [0, 0.1) is 0 Å². The maximum absolute atomic E-state index is 11.6. The predicted molar refractivity (Wildman–Crippen MR) is 78.1 cm³/mol. The van der Waals surface area contributed by atoms with Crippen molar-refractivity contribution < 1.29 is 18.3 Å². The van der Waals surface area contributed by atoms with E-state index in [1.165, 1.54) is 0 Å². The lowest BCUT2D eigenvalue weighted by atomic mass is 10.2. The zero-order valence-electron chi connectivity index (χ0n) is 11.7. The number of hydrogen-bond acceptors (Lipinski definition) is 4. The van der Waals surface area contributed by atoms with Gasteiger partial charge in [-0.1, -0.05) is 26.0 Å². The number of carboxylic acid groups (broad SMARTS) is 1. The van der Waals surface area contributed by atoms with Crippen LogP contribution in [0.15, 0.2) is 24.3 Å². The van der Waals surface area contributed by atoms with Gasteiger partial charge in [-0.05, 0) is 30.8 Å². The van der Waals surface area contributed by atoms with Crippen molar-refractivity contribution in [3.05, 3.63) is 29.8 Å². The summed E-state index contributed by atoms with van der Waals surface area (Å²) in [5, 5.41) is 8.54. The average Bonchev–Trinajstić information content (AvgIpc) is 2.34. The summed E-state index contributed by atoms with van der Waals surface area (Å²) in [6.45, 7) is 6.66. The highest BCUT2D eigenvalue weighted by molar-refractivity contribution is 7.93. The number of sulfonamides is 1. The van der Waals surface area contributed by atoms with Gasteiger partial charge in [0, 0.05) is 12.2 Å². The third-order valence-corrected chi connectivity index (χ3v) is 3.99. The molecule has 7 heteroatoms. The Morgan fingerprint density at radius 2 is 1.95 bits per heavy atom. The number of hydrogen-bond donors (Lipinski definition) is 2. The molecule has 0 heterocycles. The third-order valence-electron chi connectivity index (χ3n) is 2.81. The Morgan fingerprint density at radius 1 is 1.30 bits per heavy atom. The van der Waals surface area contributed by atoms with Crippen LogP contribution in [0.5, 0.6) is 0 Å². The second-order valence-corrected chi connectivity index (χ2v) is 6.14. The number of carbonyl (C=O) groups is 1. The highest BCUT2D eigenvalue weighted by Gasteiger charge is 2.15. The van der Waals surface area contributed by atoms with Crippen LogP contribution in [0.25, 0.3) is 0 Å². The number of rotatable bonds is 8. The first-order valence-corrected chi connectivity index (χ1v) is 8.05. The molecule has 2 N–H and O–H groups in total. The van der Waals surface area contributed by atoms with E-state index in [-0.39, 0.29) is 0 Å². The largest absolute Gasteiger partial charge is 0.480 e. The highest BCUT2D eigenvalue weighted by Crippen LogP contribution is 2.14. The molecule has 0 fully saturated rings. The first-order chi connectivity index (χ1) is 9.36. The molecule has 112 valence electrons. The van der Waals surface area contributed by atoms with Crippen LogP contribution in [0.3, 0.4) is 0 Å². The van der Waals surface area contributed by atoms with Crippen LogP contribution >= 0.6 is 0 Å². The van der Waals surface area contributed by atoms with Crippen LogP contribution in [-0.2, 0) is 21.4 Å². The van der Waals surface area contributed by atoms with E-state index in [1.807, 2.05) is 6.07 Å². The van der Waals surface area contributed by atoms with Crippen molar-refractivity contribution in [3.63, 3.8) is 0 Å². The Bertz CT molecular complexity index is 553. The van der Waals surface area contributed by atoms with Gasteiger partial charge in [-0.15, -0.1) is 0 Å². The minimum atomic E-state index is -3.85. The molecule has 0 aliphatic rings. The van der Waals surface area contributed by atoms with E-state index in [2.05, 4.69) is 23.5 Å². The van der Waals surface area contributed by atoms with E-state index in [1.54, 1.807) is 18.2 Å². The molecule has 1 aromatic carbocycles. The van der Waals surface area contributed by atoms with E-state index in [9.17, 15) is 13.2 Å². The summed E-state index contributed by atoms with van der Waals surface area (Å²) >= 11 is 0. The predicted octanol–water partition coefficient (Wildman–Crippen LogP) is 1.35. The van der Waals surface area contributed by atoms with Gasteiger partial charge in [0.1, 0.15) is 0 Å². The maximum Gasteiger partial charge on any atom is 0.320 e. The molecule has 1 aromatic rings. The number of nitrogens with zero attached hydrogens (tertiary/aromatic N) is 1. The molecule has 0 saturated carbocycles. The molecular weight excluding hydrogens is 280 g/mol. The second kappa shape index (κ2) is 7.25. The number of carboxylic acids is 1. The van der Waals surface area contributed by atoms with Gasteiger partial charge in [0.15, 0.2) is 5.75 Å². The van der Waals surface area contributed by atoms with E-state index in [0.717, 1.165) is 25.2 Å². The molecule has 0 bridgehead atoms. The number of benzene rings is 1. The van der Waals surface area contributed by atoms with Crippen molar-refractivity contribution in [2.75, 3.05) is 23.6 Å². The lowest BCUT2D eigenvalue weighted by molar-refractivity contribution is -0.134. The molecule has 0 radical (unpaired) electrons. The molecule has 0 aromatic heterocycles. The van der Waals surface area contributed by atoms with E-state index in [0.29, 0.717) is 5.69 Å². The van der Waals surface area contributed by atoms with Crippen molar-refractivity contribution in [2.24, 2.45) is 0 Å². The fraction of sp³-hybridized carbons (Fsp3) is 0.462. The van der Waals surface area contributed by atoms with Crippen LogP contribution in [-0.4, -0.2) is 43.2 Å². The van der Waals surface area contributed by atoms with Crippen molar-refractivity contribution >= 4 is 21.7 Å². The van der Waals surface area contributed by atoms with Gasteiger partial charge in [-0.2, -0.15) is 0 Å². The Hall–Kier alpha value is -1.60. The van der Waals surface area contributed by atoms with Gasteiger partial charge < -0.3 is 5.11 Å². The normalized spacial score (nSPS) is 11.6. The van der Waals surface area contributed by atoms with Crippen molar-refractivity contribution in [2.45, 2.75) is 20.4 Å². The molecular formula is C13H20N2O4S. The summed E-state index contributed by atoms with van der Waals surface area (Å²) in [5.74, 6) is -2.32. The standard InChI is InChI=1S/C13H20N2O4S/c1-3-15(4-2)9-11-6-5-7-12(8-11)14-20(18,19)10-13(16)17/h5-8,14H,3-4,9-10H2,1-2H3,(H,16,17). The Labute approximate surface area is 119 Å². The van der Waals surface area contributed by atoms with Crippen molar-refractivity contribution in [3.8, 4) is 0 Å². The Balaban J connectivity index is 2.80. The van der Waals surface area contributed by atoms with E-state index in [4.69, 9.17) is 5.11 Å². The quantitative estimate of drug-likeness (QED) is 0.757. The molecule has 0 aliphatic heterocycles. The fourth-order valence-corrected chi connectivity index (χ4v) is 2.70. The van der Waals surface area contributed by atoms with E-state index < -0.39 is 21.7 Å². The molecule has 0 aliphatic carbocycles. The number of anilines is 1. The number of nitrogens with one attached hydrogen (secondary N) is 1. The van der Waals surface area contributed by atoms with Gasteiger partial charge >= 0.3 is 5.97 Å². The van der Waals surface area contributed by atoms with Crippen LogP contribution in [0.2, 0.25) is 0 Å². The first kappa shape index (κ1) is 16.5. The lowest BCUT2D eigenvalue weighted by Gasteiger charge is -2.18. The monoisotopic (exact) mass is 300 g/mol. The zero-order valence-corrected chi connectivity index (χ0v) is 12.5. The summed E-state index contributed by atoms with van der Waals surface area (Å²) in [7, 11) is -3.85. The SMILES string of the molecule is CCN(CC)Cc1cccc(NS(=O)(=O)CC(=O)O)c1. The Kier molecular flexibility index (Phi) is 5.97. The van der Waals surface area contributed by atoms with Gasteiger partial charge in [-0.25, -0.2) is 8.42 Å². The topological polar surface area (TPSA) is 86.7 Å². The molecule has 0 unspecified atom stereocenters. The molecule has 20 heavy (non-hydrogen) atoms. The smallest absolute Gasteiger partial charge is 0.320 e.